The molecule has 0 saturated heterocycles. The molecule has 0 radical (unpaired) electrons. The molecule has 1 fully saturated rings. The molecular formula is C10H15N3. The Balaban J connectivity index is 1.83. The molecule has 0 bridgehead atoms. The van der Waals surface area contributed by atoms with Crippen LogP contribution in [0, 0.1) is 11.8 Å². The van der Waals surface area contributed by atoms with Crippen molar-refractivity contribution < 1.29 is 0 Å². The zero-order valence-corrected chi connectivity index (χ0v) is 7.82. The van der Waals surface area contributed by atoms with Gasteiger partial charge in [-0.15, -0.1) is 0 Å². The Morgan fingerprint density at radius 1 is 1.31 bits per heavy atom. The van der Waals surface area contributed by atoms with Crippen LogP contribution in [0.25, 0.3) is 0 Å². The fraction of sp³-hybridized carbons (Fsp3) is 0.900. The average molecular weight is 177 g/mol. The topological polar surface area (TPSA) is 37.1 Å². The minimum absolute atomic E-state index is 0.544. The summed E-state index contributed by atoms with van der Waals surface area (Å²) in [6, 6.07) is 0.544. The van der Waals surface area contributed by atoms with Crippen LogP contribution in [0.3, 0.4) is 0 Å². The van der Waals surface area contributed by atoms with Gasteiger partial charge in [-0.05, 0) is 31.6 Å². The molecule has 1 saturated carbocycles. The molecular weight excluding hydrogens is 162 g/mol. The second-order valence-electron chi connectivity index (χ2n) is 4.42. The highest BCUT2D eigenvalue weighted by Gasteiger charge is 2.37. The predicted octanol–water partition coefficient (Wildman–Crippen LogP) is 2.08. The van der Waals surface area contributed by atoms with E-state index in [9.17, 15) is 0 Å². The zero-order chi connectivity index (χ0) is 8.67. The molecule has 0 N–H and O–H groups in total. The van der Waals surface area contributed by atoms with Gasteiger partial charge in [-0.25, -0.2) is 0 Å². The molecule has 3 rings (SSSR count). The van der Waals surface area contributed by atoms with Crippen molar-refractivity contribution in [2.24, 2.45) is 27.1 Å². The number of hydrogen-bond acceptors (Lipinski definition) is 3. The summed E-state index contributed by atoms with van der Waals surface area (Å²) in [5, 5.41) is 8.47. The molecule has 0 aromatic carbocycles. The van der Waals surface area contributed by atoms with Crippen LogP contribution in [0.5, 0.6) is 0 Å². The molecule has 3 atom stereocenters. The van der Waals surface area contributed by atoms with Gasteiger partial charge in [-0.3, -0.25) is 4.99 Å². The average Bonchev–Trinajstić information content (AvgIpc) is 2.61. The van der Waals surface area contributed by atoms with Gasteiger partial charge in [-0.2, -0.15) is 10.2 Å². The summed E-state index contributed by atoms with van der Waals surface area (Å²) < 4.78 is 0. The molecule has 3 nitrogen and oxygen atoms in total. The Bertz CT molecular complexity index is 269. The van der Waals surface area contributed by atoms with Gasteiger partial charge in [0.05, 0.1) is 12.6 Å². The van der Waals surface area contributed by atoms with E-state index in [0.29, 0.717) is 12.0 Å². The van der Waals surface area contributed by atoms with Gasteiger partial charge in [0.2, 0.25) is 0 Å². The number of fused-ring (bicyclic) bond motifs is 2. The van der Waals surface area contributed by atoms with Crippen molar-refractivity contribution in [3.63, 3.8) is 0 Å². The van der Waals surface area contributed by atoms with E-state index >= 15 is 0 Å². The maximum absolute atomic E-state index is 4.65. The van der Waals surface area contributed by atoms with Crippen LogP contribution in [-0.2, 0) is 0 Å². The van der Waals surface area contributed by atoms with Gasteiger partial charge >= 0.3 is 0 Å². The first-order valence-electron chi connectivity index (χ1n) is 5.33. The lowest BCUT2D eigenvalue weighted by molar-refractivity contribution is 0.362. The highest BCUT2D eigenvalue weighted by molar-refractivity contribution is 5.88. The number of nitrogens with zero attached hydrogens (tertiary/aromatic N) is 3. The third kappa shape index (κ3) is 1.21. The summed E-state index contributed by atoms with van der Waals surface area (Å²) >= 11 is 0. The van der Waals surface area contributed by atoms with Crippen LogP contribution in [0.1, 0.15) is 25.7 Å². The Labute approximate surface area is 78.3 Å². The standard InChI is InChI=1S/C10H15N3/c1-2-7-4-10-8(6-12-13-10)5-9(7)11-3-1/h7-8,10H,1-6H2. The van der Waals surface area contributed by atoms with Crippen molar-refractivity contribution in [3.05, 3.63) is 0 Å². The maximum Gasteiger partial charge on any atom is 0.0764 e. The Morgan fingerprint density at radius 3 is 3.31 bits per heavy atom. The minimum Gasteiger partial charge on any atom is -0.294 e. The summed E-state index contributed by atoms with van der Waals surface area (Å²) in [6.07, 6.45) is 5.04. The maximum atomic E-state index is 4.65. The SMILES string of the molecule is C1CN=C2CC3CN=NC3CC2C1. The van der Waals surface area contributed by atoms with Gasteiger partial charge in [0.15, 0.2) is 0 Å². The van der Waals surface area contributed by atoms with Gasteiger partial charge < -0.3 is 0 Å². The van der Waals surface area contributed by atoms with Crippen LogP contribution in [0.2, 0.25) is 0 Å². The van der Waals surface area contributed by atoms with E-state index in [4.69, 9.17) is 0 Å². The molecule has 1 aliphatic carbocycles. The molecule has 70 valence electrons. The van der Waals surface area contributed by atoms with E-state index in [1.807, 2.05) is 0 Å². The Morgan fingerprint density at radius 2 is 2.31 bits per heavy atom. The van der Waals surface area contributed by atoms with Crippen LogP contribution >= 0.6 is 0 Å². The molecule has 2 aliphatic heterocycles. The van der Waals surface area contributed by atoms with Gasteiger partial charge in [0.25, 0.3) is 0 Å². The first-order chi connectivity index (χ1) is 6.43. The number of azo groups is 1. The van der Waals surface area contributed by atoms with E-state index in [0.717, 1.165) is 19.0 Å². The lowest BCUT2D eigenvalue weighted by atomic mass is 9.75. The second kappa shape index (κ2) is 2.89. The summed E-state index contributed by atoms with van der Waals surface area (Å²) in [6.45, 7) is 2.02. The number of aliphatic imine (C=N–C) groups is 1. The summed E-state index contributed by atoms with van der Waals surface area (Å²) in [5.74, 6) is 1.46. The summed E-state index contributed by atoms with van der Waals surface area (Å²) in [4.78, 5) is 4.65. The quantitative estimate of drug-likeness (QED) is 0.543. The van der Waals surface area contributed by atoms with Crippen LogP contribution < -0.4 is 0 Å². The molecule has 3 unspecified atom stereocenters. The molecule has 3 aliphatic rings. The van der Waals surface area contributed by atoms with E-state index in [2.05, 4.69) is 15.2 Å². The molecule has 0 aromatic heterocycles. The van der Waals surface area contributed by atoms with Crippen LogP contribution in [0.4, 0.5) is 0 Å². The fourth-order valence-electron chi connectivity index (χ4n) is 2.81. The monoisotopic (exact) mass is 177 g/mol. The molecule has 2 heterocycles. The predicted molar refractivity (Wildman–Crippen MR) is 51.3 cm³/mol. The largest absolute Gasteiger partial charge is 0.294 e. The molecule has 3 heteroatoms. The lowest BCUT2D eigenvalue weighted by Crippen LogP contribution is -2.35. The van der Waals surface area contributed by atoms with E-state index < -0.39 is 0 Å². The third-order valence-electron chi connectivity index (χ3n) is 3.58. The highest BCUT2D eigenvalue weighted by atomic mass is 15.2. The Kier molecular flexibility index (Phi) is 1.70. The van der Waals surface area contributed by atoms with Crippen molar-refractivity contribution in [1.29, 1.82) is 0 Å². The van der Waals surface area contributed by atoms with Crippen molar-refractivity contribution >= 4 is 5.71 Å². The van der Waals surface area contributed by atoms with Crippen LogP contribution in [0.15, 0.2) is 15.2 Å². The first kappa shape index (κ1) is 7.65. The minimum atomic E-state index is 0.544. The lowest BCUT2D eigenvalue weighted by Gasteiger charge is -2.33. The fourth-order valence-corrected chi connectivity index (χ4v) is 2.81. The van der Waals surface area contributed by atoms with Crippen molar-refractivity contribution in [2.45, 2.75) is 31.7 Å². The zero-order valence-electron chi connectivity index (χ0n) is 7.82. The van der Waals surface area contributed by atoms with E-state index in [1.54, 1.807) is 0 Å². The summed E-state index contributed by atoms with van der Waals surface area (Å²) in [5.41, 5.74) is 1.49. The summed E-state index contributed by atoms with van der Waals surface area (Å²) in [7, 11) is 0. The molecule has 0 aromatic rings. The first-order valence-corrected chi connectivity index (χ1v) is 5.33. The number of rotatable bonds is 0. The smallest absolute Gasteiger partial charge is 0.0764 e. The third-order valence-corrected chi connectivity index (χ3v) is 3.58. The van der Waals surface area contributed by atoms with Gasteiger partial charge in [0.1, 0.15) is 0 Å². The molecule has 0 spiro atoms. The second-order valence-corrected chi connectivity index (χ2v) is 4.42. The number of hydrogen-bond donors (Lipinski definition) is 0. The van der Waals surface area contributed by atoms with E-state index in [1.165, 1.54) is 31.4 Å². The normalized spacial score (nSPS) is 42.5. The highest BCUT2D eigenvalue weighted by Crippen LogP contribution is 2.36. The van der Waals surface area contributed by atoms with Gasteiger partial charge in [-0.1, -0.05) is 0 Å². The Hall–Kier alpha value is -0.730. The van der Waals surface area contributed by atoms with Crippen LogP contribution in [-0.4, -0.2) is 24.8 Å². The molecule has 13 heavy (non-hydrogen) atoms. The van der Waals surface area contributed by atoms with Gasteiger partial charge in [0, 0.05) is 18.2 Å². The van der Waals surface area contributed by atoms with Crippen molar-refractivity contribution in [3.8, 4) is 0 Å². The molecule has 0 amide bonds. The van der Waals surface area contributed by atoms with Crippen molar-refractivity contribution in [2.75, 3.05) is 13.1 Å². The van der Waals surface area contributed by atoms with E-state index in [-0.39, 0.29) is 0 Å². The van der Waals surface area contributed by atoms with Crippen molar-refractivity contribution in [1.82, 2.24) is 0 Å².